The monoisotopic (exact) mass is 369 g/mol. The second-order valence-corrected chi connectivity index (χ2v) is 6.69. The van der Waals surface area contributed by atoms with Crippen molar-refractivity contribution in [2.45, 2.75) is 20.5 Å². The van der Waals surface area contributed by atoms with E-state index in [0.29, 0.717) is 12.6 Å². The Morgan fingerprint density at radius 1 is 1.15 bits per heavy atom. The number of carbonyl (C=O) groups excluding carboxylic acids is 1. The van der Waals surface area contributed by atoms with E-state index in [-0.39, 0.29) is 5.91 Å². The molecule has 0 aliphatic carbocycles. The van der Waals surface area contributed by atoms with Crippen LogP contribution in [-0.2, 0) is 16.1 Å². The van der Waals surface area contributed by atoms with Crippen molar-refractivity contribution in [1.82, 2.24) is 15.0 Å². The first kappa shape index (κ1) is 18.0. The summed E-state index contributed by atoms with van der Waals surface area (Å²) in [5.74, 6) is 0.394. The molecule has 0 fully saturated rings. The van der Waals surface area contributed by atoms with Gasteiger partial charge >= 0.3 is 0 Å². The highest BCUT2D eigenvalue weighted by atomic mass is 32.1. The molecular formula is C18H19N5O2S. The number of hydrogen-bond donors (Lipinski definition) is 2. The third kappa shape index (κ3) is 4.41. The average Bonchev–Trinajstić information content (AvgIpc) is 2.97. The number of methoxy groups -OCH3 is 1. The quantitative estimate of drug-likeness (QED) is 0.688. The lowest BCUT2D eigenvalue weighted by Crippen LogP contribution is -2.05. The Balaban J connectivity index is 1.78. The minimum absolute atomic E-state index is 0.102. The van der Waals surface area contributed by atoms with Gasteiger partial charge in [0.05, 0.1) is 22.9 Å². The molecule has 1 aromatic carbocycles. The second-order valence-electron chi connectivity index (χ2n) is 5.60. The zero-order chi connectivity index (χ0) is 18.5. The third-order valence-electron chi connectivity index (χ3n) is 3.46. The fourth-order valence-corrected chi connectivity index (χ4v) is 3.40. The van der Waals surface area contributed by atoms with Gasteiger partial charge in [0.25, 0.3) is 0 Å². The Bertz CT molecular complexity index is 908. The molecule has 7 nitrogen and oxygen atoms in total. The number of carbonyl (C=O) groups is 1. The standard InChI is InChI=1S/C18H19N5O2S/c1-11-17(26-16(20-11)10-25-3)15-8-9-19-18(23-15)22-14-6-4-13(5-7-14)21-12(2)24/h4-9H,10H2,1-3H3,(H,21,24)(H,19,22,23). The fourth-order valence-electron chi connectivity index (χ4n) is 2.39. The Kier molecular flexibility index (Phi) is 5.55. The molecule has 0 bridgehead atoms. The number of hydrogen-bond acceptors (Lipinski definition) is 7. The number of nitrogens with one attached hydrogen (secondary N) is 2. The van der Waals surface area contributed by atoms with E-state index in [1.54, 1.807) is 24.6 Å². The van der Waals surface area contributed by atoms with Crippen LogP contribution in [0, 0.1) is 6.92 Å². The summed E-state index contributed by atoms with van der Waals surface area (Å²) in [6.45, 7) is 3.92. The van der Waals surface area contributed by atoms with E-state index in [1.807, 2.05) is 37.3 Å². The van der Waals surface area contributed by atoms with Crippen LogP contribution in [0.5, 0.6) is 0 Å². The highest BCUT2D eigenvalue weighted by Crippen LogP contribution is 2.29. The predicted molar refractivity (Wildman–Crippen MR) is 103 cm³/mol. The summed E-state index contributed by atoms with van der Waals surface area (Å²) in [7, 11) is 1.65. The molecule has 0 saturated carbocycles. The number of amides is 1. The lowest BCUT2D eigenvalue weighted by Gasteiger charge is -2.07. The molecule has 0 radical (unpaired) electrons. The van der Waals surface area contributed by atoms with Gasteiger partial charge in [-0.25, -0.2) is 15.0 Å². The van der Waals surface area contributed by atoms with Crippen LogP contribution in [0.1, 0.15) is 17.6 Å². The maximum atomic E-state index is 11.1. The van der Waals surface area contributed by atoms with Crippen molar-refractivity contribution in [1.29, 1.82) is 0 Å². The minimum atomic E-state index is -0.102. The van der Waals surface area contributed by atoms with Gasteiger partial charge in [-0.05, 0) is 37.3 Å². The number of rotatable bonds is 6. The van der Waals surface area contributed by atoms with Crippen LogP contribution in [0.15, 0.2) is 36.5 Å². The summed E-state index contributed by atoms with van der Waals surface area (Å²) < 4.78 is 5.15. The van der Waals surface area contributed by atoms with Gasteiger partial charge in [0.15, 0.2) is 0 Å². The molecule has 0 aliphatic heterocycles. The lowest BCUT2D eigenvalue weighted by molar-refractivity contribution is -0.114. The van der Waals surface area contributed by atoms with Gasteiger partial charge in [-0.1, -0.05) is 0 Å². The van der Waals surface area contributed by atoms with Crippen molar-refractivity contribution < 1.29 is 9.53 Å². The first-order chi connectivity index (χ1) is 12.5. The lowest BCUT2D eigenvalue weighted by atomic mass is 10.2. The van der Waals surface area contributed by atoms with Gasteiger partial charge in [-0.2, -0.15) is 0 Å². The maximum Gasteiger partial charge on any atom is 0.227 e. The Hall–Kier alpha value is -2.84. The van der Waals surface area contributed by atoms with E-state index in [1.165, 1.54) is 6.92 Å². The van der Waals surface area contributed by atoms with Crippen molar-refractivity contribution >= 4 is 34.6 Å². The van der Waals surface area contributed by atoms with E-state index < -0.39 is 0 Å². The largest absolute Gasteiger partial charge is 0.378 e. The number of anilines is 3. The van der Waals surface area contributed by atoms with Gasteiger partial charge in [0.1, 0.15) is 5.01 Å². The first-order valence-electron chi connectivity index (χ1n) is 7.98. The zero-order valence-electron chi connectivity index (χ0n) is 14.7. The van der Waals surface area contributed by atoms with Crippen LogP contribution in [0.2, 0.25) is 0 Å². The van der Waals surface area contributed by atoms with Crippen LogP contribution < -0.4 is 10.6 Å². The SMILES string of the molecule is COCc1nc(C)c(-c2ccnc(Nc3ccc(NC(C)=O)cc3)n2)s1. The topological polar surface area (TPSA) is 89.0 Å². The molecule has 2 aromatic heterocycles. The van der Waals surface area contributed by atoms with Gasteiger partial charge in [0, 0.05) is 31.6 Å². The van der Waals surface area contributed by atoms with Gasteiger partial charge in [-0.15, -0.1) is 11.3 Å². The number of thiazole rings is 1. The summed E-state index contributed by atoms with van der Waals surface area (Å²) in [5.41, 5.74) is 3.31. The summed E-state index contributed by atoms with van der Waals surface area (Å²) in [5, 5.41) is 6.82. The normalized spacial score (nSPS) is 10.6. The molecule has 0 unspecified atom stereocenters. The fraction of sp³-hybridized carbons (Fsp3) is 0.222. The summed E-state index contributed by atoms with van der Waals surface area (Å²) in [4.78, 5) is 25.4. The van der Waals surface area contributed by atoms with Crippen LogP contribution in [0.25, 0.3) is 10.6 Å². The molecule has 0 atom stereocenters. The molecular weight excluding hydrogens is 350 g/mol. The van der Waals surface area contributed by atoms with Crippen LogP contribution in [0.4, 0.5) is 17.3 Å². The van der Waals surface area contributed by atoms with Crippen molar-refractivity contribution in [3.05, 3.63) is 47.2 Å². The molecule has 2 N–H and O–H groups in total. The summed E-state index contributed by atoms with van der Waals surface area (Å²) in [6, 6.07) is 9.21. The molecule has 3 rings (SSSR count). The number of ether oxygens (including phenoxy) is 1. The number of aryl methyl sites for hydroxylation is 1. The summed E-state index contributed by atoms with van der Waals surface area (Å²) in [6.07, 6.45) is 1.71. The number of nitrogens with zero attached hydrogens (tertiary/aromatic N) is 3. The minimum Gasteiger partial charge on any atom is -0.378 e. The van der Waals surface area contributed by atoms with E-state index >= 15 is 0 Å². The second kappa shape index (κ2) is 8.03. The third-order valence-corrected chi connectivity index (χ3v) is 4.61. The molecule has 26 heavy (non-hydrogen) atoms. The van der Waals surface area contributed by atoms with E-state index in [4.69, 9.17) is 4.74 Å². The smallest absolute Gasteiger partial charge is 0.227 e. The molecule has 134 valence electrons. The van der Waals surface area contributed by atoms with E-state index in [2.05, 4.69) is 25.6 Å². The van der Waals surface area contributed by atoms with Crippen LogP contribution in [-0.4, -0.2) is 28.0 Å². The highest BCUT2D eigenvalue weighted by molar-refractivity contribution is 7.15. The van der Waals surface area contributed by atoms with E-state index in [9.17, 15) is 4.79 Å². The predicted octanol–water partition coefficient (Wildman–Crippen LogP) is 3.76. The van der Waals surface area contributed by atoms with Crippen LogP contribution >= 0.6 is 11.3 Å². The molecule has 0 spiro atoms. The van der Waals surface area contributed by atoms with Crippen molar-refractivity contribution in [3.63, 3.8) is 0 Å². The van der Waals surface area contributed by atoms with Crippen molar-refractivity contribution in [3.8, 4) is 10.6 Å². The molecule has 0 saturated heterocycles. The first-order valence-corrected chi connectivity index (χ1v) is 8.80. The van der Waals surface area contributed by atoms with Gasteiger partial charge in [-0.3, -0.25) is 4.79 Å². The molecule has 0 aliphatic rings. The zero-order valence-corrected chi connectivity index (χ0v) is 15.6. The maximum absolute atomic E-state index is 11.1. The van der Waals surface area contributed by atoms with Crippen molar-refractivity contribution in [2.24, 2.45) is 0 Å². The van der Waals surface area contributed by atoms with Crippen LogP contribution in [0.3, 0.4) is 0 Å². The molecule has 2 heterocycles. The Morgan fingerprint density at radius 2 is 1.88 bits per heavy atom. The number of aromatic nitrogens is 3. The molecule has 8 heteroatoms. The summed E-state index contributed by atoms with van der Waals surface area (Å²) >= 11 is 1.57. The molecule has 1 amide bonds. The van der Waals surface area contributed by atoms with Gasteiger partial charge in [0.2, 0.25) is 11.9 Å². The Labute approximate surface area is 155 Å². The Morgan fingerprint density at radius 3 is 2.58 bits per heavy atom. The van der Waals surface area contributed by atoms with Gasteiger partial charge < -0.3 is 15.4 Å². The van der Waals surface area contributed by atoms with Crippen molar-refractivity contribution in [2.75, 3.05) is 17.7 Å². The highest BCUT2D eigenvalue weighted by Gasteiger charge is 2.12. The number of benzene rings is 1. The van der Waals surface area contributed by atoms with E-state index in [0.717, 1.165) is 32.6 Å². The average molecular weight is 369 g/mol. The molecule has 3 aromatic rings.